The van der Waals surface area contributed by atoms with E-state index in [4.69, 9.17) is 4.74 Å². The van der Waals surface area contributed by atoms with Crippen molar-refractivity contribution in [1.29, 1.82) is 0 Å². The molecule has 1 N–H and O–H groups in total. The number of alkyl halides is 3. The van der Waals surface area contributed by atoms with Crippen LogP contribution in [0, 0.1) is 0 Å². The summed E-state index contributed by atoms with van der Waals surface area (Å²) in [5.41, 5.74) is -0.600. The summed E-state index contributed by atoms with van der Waals surface area (Å²) in [4.78, 5) is 19.6. The predicted octanol–water partition coefficient (Wildman–Crippen LogP) is 6.01. The highest BCUT2D eigenvalue weighted by atomic mass is 19.4. The maximum Gasteiger partial charge on any atom is 0.417 e. The molecular weight excluding hydrogens is 469 g/mol. The number of hydrogen-bond donors (Lipinski definition) is 1. The minimum Gasteiger partial charge on any atom is -0.383 e. The van der Waals surface area contributed by atoms with Crippen molar-refractivity contribution >= 4 is 28.4 Å². The zero-order chi connectivity index (χ0) is 25.7. The number of benzene rings is 2. The largest absolute Gasteiger partial charge is 0.417 e. The fourth-order valence-corrected chi connectivity index (χ4v) is 4.10. The first-order chi connectivity index (χ1) is 17.3. The van der Waals surface area contributed by atoms with Crippen LogP contribution in [0.25, 0.3) is 16.7 Å². The number of nitrogens with zero attached hydrogens (tertiary/aromatic N) is 3. The summed E-state index contributed by atoms with van der Waals surface area (Å²) < 4.78 is 49.7. The van der Waals surface area contributed by atoms with Crippen molar-refractivity contribution in [3.63, 3.8) is 0 Å². The van der Waals surface area contributed by atoms with E-state index in [2.05, 4.69) is 10.3 Å². The zero-order valence-electron chi connectivity index (χ0n) is 20.0. The first kappa shape index (κ1) is 25.2. The van der Waals surface area contributed by atoms with Crippen LogP contribution in [0.15, 0.2) is 77.6 Å². The summed E-state index contributed by atoms with van der Waals surface area (Å²) in [7, 11) is 1.54. The number of methoxy groups -OCH3 is 1. The van der Waals surface area contributed by atoms with Gasteiger partial charge in [0, 0.05) is 37.6 Å². The minimum atomic E-state index is -4.75. The van der Waals surface area contributed by atoms with Crippen molar-refractivity contribution in [3.05, 3.63) is 88.6 Å². The number of rotatable bonds is 9. The number of nitrogens with one attached hydrogen (secondary N) is 1. The van der Waals surface area contributed by atoms with Crippen molar-refractivity contribution < 1.29 is 17.9 Å². The van der Waals surface area contributed by atoms with Crippen LogP contribution in [-0.4, -0.2) is 36.4 Å². The van der Waals surface area contributed by atoms with Gasteiger partial charge < -0.3 is 15.0 Å². The molecule has 0 atom stereocenters. The lowest BCUT2D eigenvalue weighted by molar-refractivity contribution is -0.136. The molecule has 188 valence electrons. The van der Waals surface area contributed by atoms with Crippen LogP contribution >= 0.6 is 0 Å². The molecule has 9 heteroatoms. The second-order valence-corrected chi connectivity index (χ2v) is 8.26. The topological polar surface area (TPSA) is 59.4 Å². The number of ether oxygens (including phenoxy) is 1. The summed E-state index contributed by atoms with van der Waals surface area (Å²) in [5.74, 6) is 0.441. The number of aromatic nitrogens is 2. The van der Waals surface area contributed by atoms with E-state index in [0.29, 0.717) is 43.3 Å². The average molecular weight is 497 g/mol. The molecule has 36 heavy (non-hydrogen) atoms. The molecule has 0 aliphatic heterocycles. The van der Waals surface area contributed by atoms with Crippen LogP contribution in [0.1, 0.15) is 18.9 Å². The molecule has 0 fully saturated rings. The van der Waals surface area contributed by atoms with Crippen molar-refractivity contribution in [3.8, 4) is 5.69 Å². The third-order valence-corrected chi connectivity index (χ3v) is 5.70. The SMILES string of the molecule is CCCN(CCOC)c1cc(C(F)(F)F)c2c(=O)cc(Nc3ccccc3)n(-c3ccccc3)c2n1. The van der Waals surface area contributed by atoms with E-state index < -0.39 is 22.6 Å². The maximum absolute atomic E-state index is 14.3. The minimum absolute atomic E-state index is 0.0736. The van der Waals surface area contributed by atoms with Crippen LogP contribution in [0.3, 0.4) is 0 Å². The normalized spacial score (nSPS) is 11.6. The Morgan fingerprint density at radius 2 is 1.67 bits per heavy atom. The Bertz CT molecular complexity index is 1370. The van der Waals surface area contributed by atoms with Crippen molar-refractivity contribution in [2.24, 2.45) is 0 Å². The van der Waals surface area contributed by atoms with Crippen LogP contribution < -0.4 is 15.6 Å². The number of anilines is 3. The van der Waals surface area contributed by atoms with Gasteiger partial charge in [-0.1, -0.05) is 43.3 Å². The quantitative estimate of drug-likeness (QED) is 0.308. The Kier molecular flexibility index (Phi) is 7.59. The van der Waals surface area contributed by atoms with E-state index in [1.54, 1.807) is 33.7 Å². The monoisotopic (exact) mass is 496 g/mol. The lowest BCUT2D eigenvalue weighted by atomic mass is 10.1. The van der Waals surface area contributed by atoms with Gasteiger partial charge in [0.2, 0.25) is 0 Å². The van der Waals surface area contributed by atoms with Crippen molar-refractivity contribution in [2.75, 3.05) is 37.0 Å². The Morgan fingerprint density at radius 3 is 2.28 bits per heavy atom. The van der Waals surface area contributed by atoms with Gasteiger partial charge in [-0.2, -0.15) is 13.2 Å². The lowest BCUT2D eigenvalue weighted by Gasteiger charge is -2.26. The molecule has 6 nitrogen and oxygen atoms in total. The first-order valence-corrected chi connectivity index (χ1v) is 11.6. The maximum atomic E-state index is 14.3. The number of hydrogen-bond acceptors (Lipinski definition) is 5. The summed E-state index contributed by atoms with van der Waals surface area (Å²) in [6.45, 7) is 3.10. The predicted molar refractivity (Wildman–Crippen MR) is 136 cm³/mol. The molecule has 0 radical (unpaired) electrons. The van der Waals surface area contributed by atoms with E-state index >= 15 is 0 Å². The van der Waals surface area contributed by atoms with E-state index in [-0.39, 0.29) is 11.5 Å². The fourth-order valence-electron chi connectivity index (χ4n) is 4.10. The standard InChI is InChI=1S/C27H27F3N4O2/c1-3-14-33(15-16-36-2)23-17-21(27(28,29)30)25-22(35)18-24(31-19-10-6-4-7-11-19)34(26(25)32-23)20-12-8-5-9-13-20/h4-13,17-18,31H,3,14-16H2,1-2H3. The molecule has 4 aromatic rings. The Morgan fingerprint density at radius 1 is 1.00 bits per heavy atom. The highest BCUT2D eigenvalue weighted by Gasteiger charge is 2.36. The van der Waals surface area contributed by atoms with E-state index in [1.807, 2.05) is 43.3 Å². The number of fused-ring (bicyclic) bond motifs is 1. The number of para-hydroxylation sites is 2. The molecule has 2 aromatic carbocycles. The molecule has 0 aliphatic carbocycles. The molecule has 4 rings (SSSR count). The van der Waals surface area contributed by atoms with E-state index in [9.17, 15) is 18.0 Å². The fraction of sp³-hybridized carbons (Fsp3) is 0.259. The van der Waals surface area contributed by atoms with Gasteiger partial charge in [-0.15, -0.1) is 0 Å². The molecule has 0 spiro atoms. The summed E-state index contributed by atoms with van der Waals surface area (Å²) >= 11 is 0. The van der Waals surface area contributed by atoms with Gasteiger partial charge >= 0.3 is 6.18 Å². The van der Waals surface area contributed by atoms with Gasteiger partial charge in [0.25, 0.3) is 0 Å². The van der Waals surface area contributed by atoms with Gasteiger partial charge in [0.05, 0.1) is 17.6 Å². The van der Waals surface area contributed by atoms with Gasteiger partial charge in [0.1, 0.15) is 11.6 Å². The number of pyridine rings is 2. The summed E-state index contributed by atoms with van der Waals surface area (Å²) in [5, 5.41) is 2.70. The van der Waals surface area contributed by atoms with Crippen LogP contribution in [0.4, 0.5) is 30.5 Å². The molecule has 2 heterocycles. The van der Waals surface area contributed by atoms with E-state index in [1.165, 1.54) is 13.2 Å². The van der Waals surface area contributed by atoms with E-state index in [0.717, 1.165) is 6.07 Å². The van der Waals surface area contributed by atoms with Crippen LogP contribution in [0.5, 0.6) is 0 Å². The smallest absolute Gasteiger partial charge is 0.383 e. The van der Waals surface area contributed by atoms with Crippen molar-refractivity contribution in [2.45, 2.75) is 19.5 Å². The third-order valence-electron chi connectivity index (χ3n) is 5.70. The molecule has 0 aliphatic rings. The highest BCUT2D eigenvalue weighted by molar-refractivity contribution is 5.86. The lowest BCUT2D eigenvalue weighted by Crippen LogP contribution is -2.30. The van der Waals surface area contributed by atoms with Crippen molar-refractivity contribution in [1.82, 2.24) is 9.55 Å². The molecule has 0 amide bonds. The molecule has 0 saturated carbocycles. The molecule has 0 saturated heterocycles. The first-order valence-electron chi connectivity index (χ1n) is 11.6. The molecule has 0 bridgehead atoms. The van der Waals surface area contributed by atoms with Crippen LogP contribution in [0.2, 0.25) is 0 Å². The Balaban J connectivity index is 2.07. The van der Waals surface area contributed by atoms with Gasteiger partial charge in [0.15, 0.2) is 11.1 Å². The molecule has 0 unspecified atom stereocenters. The second kappa shape index (κ2) is 10.8. The summed E-state index contributed by atoms with van der Waals surface area (Å²) in [6.07, 6.45) is -4.05. The zero-order valence-corrected chi connectivity index (χ0v) is 20.0. The molecule has 2 aromatic heterocycles. The Hall–Kier alpha value is -3.85. The summed E-state index contributed by atoms with van der Waals surface area (Å²) in [6, 6.07) is 20.2. The van der Waals surface area contributed by atoms with Gasteiger partial charge in [-0.3, -0.25) is 9.36 Å². The average Bonchev–Trinajstić information content (AvgIpc) is 2.86. The second-order valence-electron chi connectivity index (χ2n) is 8.26. The van der Waals surface area contributed by atoms with Gasteiger partial charge in [-0.05, 0) is 36.8 Å². The number of halogens is 3. The highest BCUT2D eigenvalue weighted by Crippen LogP contribution is 2.37. The van der Waals surface area contributed by atoms with Crippen LogP contribution in [-0.2, 0) is 10.9 Å². The Labute approximate surface area is 207 Å². The third kappa shape index (κ3) is 5.36. The molecular formula is C27H27F3N4O2. The van der Waals surface area contributed by atoms with Gasteiger partial charge in [-0.25, -0.2) is 4.98 Å².